The molecule has 0 bridgehead atoms. The van der Waals surface area contributed by atoms with Gasteiger partial charge in [0.2, 0.25) is 5.91 Å². The average Bonchev–Trinajstić information content (AvgIpc) is 2.45. The Balaban J connectivity index is 2.14. The Hall–Kier alpha value is -1.57. The Morgan fingerprint density at radius 1 is 1.23 bits per heavy atom. The monoisotopic (exact) mass is 335 g/mol. The highest BCUT2D eigenvalue weighted by Crippen LogP contribution is 2.31. The van der Waals surface area contributed by atoms with Crippen molar-refractivity contribution >= 4 is 15.7 Å². The maximum Gasteiger partial charge on any atom is 0.416 e. The molecule has 0 radical (unpaired) electrons. The molecule has 1 aromatic rings. The zero-order valence-corrected chi connectivity index (χ0v) is 12.7. The Bertz CT molecular complexity index is 656. The van der Waals surface area contributed by atoms with Gasteiger partial charge in [-0.25, -0.2) is 8.42 Å². The minimum atomic E-state index is -4.46. The van der Waals surface area contributed by atoms with Crippen LogP contribution in [0.15, 0.2) is 24.3 Å². The van der Waals surface area contributed by atoms with Gasteiger partial charge in [-0.05, 0) is 18.6 Å². The summed E-state index contributed by atoms with van der Waals surface area (Å²) in [5.41, 5.74) is -0.529. The predicted octanol–water partition coefficient (Wildman–Crippen LogP) is 2.07. The Kier molecular flexibility index (Phi) is 4.51. The number of nitrogens with zero attached hydrogens (tertiary/aromatic N) is 1. The van der Waals surface area contributed by atoms with E-state index in [1.165, 1.54) is 24.0 Å². The second kappa shape index (κ2) is 5.91. The van der Waals surface area contributed by atoms with Crippen molar-refractivity contribution in [1.82, 2.24) is 4.90 Å². The van der Waals surface area contributed by atoms with E-state index >= 15 is 0 Å². The molecule has 0 spiro atoms. The Morgan fingerprint density at radius 3 is 2.36 bits per heavy atom. The van der Waals surface area contributed by atoms with Crippen molar-refractivity contribution < 1.29 is 26.4 Å². The number of halogens is 3. The average molecular weight is 335 g/mol. The summed E-state index contributed by atoms with van der Waals surface area (Å²) in [4.78, 5) is 13.7. The lowest BCUT2D eigenvalue weighted by Gasteiger charge is -2.29. The van der Waals surface area contributed by atoms with E-state index in [0.717, 1.165) is 12.1 Å². The van der Waals surface area contributed by atoms with Gasteiger partial charge in [-0.1, -0.05) is 18.2 Å². The molecule has 0 aliphatic carbocycles. The Morgan fingerprint density at radius 2 is 1.82 bits per heavy atom. The van der Waals surface area contributed by atoms with Gasteiger partial charge in [-0.2, -0.15) is 13.2 Å². The SMILES string of the molecule is CC(C(=O)N1CCS(=O)(=O)CC1)c1cccc(C(F)(F)F)c1. The topological polar surface area (TPSA) is 54.5 Å². The molecule has 22 heavy (non-hydrogen) atoms. The van der Waals surface area contributed by atoms with E-state index in [0.29, 0.717) is 0 Å². The molecule has 1 amide bonds. The van der Waals surface area contributed by atoms with Crippen molar-refractivity contribution in [2.45, 2.75) is 19.0 Å². The molecule has 1 heterocycles. The molecule has 1 aromatic carbocycles. The maximum atomic E-state index is 12.7. The second-order valence-electron chi connectivity index (χ2n) is 5.32. The van der Waals surface area contributed by atoms with Gasteiger partial charge in [0, 0.05) is 13.1 Å². The lowest BCUT2D eigenvalue weighted by atomic mass is 9.97. The van der Waals surface area contributed by atoms with Crippen molar-refractivity contribution in [3.8, 4) is 0 Å². The molecule has 0 N–H and O–H groups in total. The number of alkyl halides is 3. The lowest BCUT2D eigenvalue weighted by Crippen LogP contribution is -2.45. The molecule has 1 unspecified atom stereocenters. The van der Waals surface area contributed by atoms with Crippen LogP contribution in [0.2, 0.25) is 0 Å². The molecule has 1 aliphatic rings. The van der Waals surface area contributed by atoms with E-state index in [1.807, 2.05) is 0 Å². The van der Waals surface area contributed by atoms with Crippen LogP contribution in [0.1, 0.15) is 24.0 Å². The zero-order chi connectivity index (χ0) is 16.5. The van der Waals surface area contributed by atoms with Gasteiger partial charge in [0.05, 0.1) is 23.0 Å². The first-order valence-electron chi connectivity index (χ1n) is 6.76. The van der Waals surface area contributed by atoms with Gasteiger partial charge in [0.1, 0.15) is 0 Å². The van der Waals surface area contributed by atoms with Crippen molar-refractivity contribution in [1.29, 1.82) is 0 Å². The summed E-state index contributed by atoms with van der Waals surface area (Å²) in [5, 5.41) is 0. The lowest BCUT2D eigenvalue weighted by molar-refractivity contribution is -0.138. The number of carbonyl (C=O) groups is 1. The van der Waals surface area contributed by atoms with Crippen LogP contribution in [0, 0.1) is 0 Å². The predicted molar refractivity (Wildman–Crippen MR) is 75.1 cm³/mol. The van der Waals surface area contributed by atoms with Crippen LogP contribution in [-0.2, 0) is 20.8 Å². The normalized spacial score (nSPS) is 19.7. The molecular formula is C14H16F3NO3S. The third kappa shape index (κ3) is 3.79. The summed E-state index contributed by atoms with van der Waals surface area (Å²) >= 11 is 0. The van der Waals surface area contributed by atoms with E-state index < -0.39 is 27.5 Å². The van der Waals surface area contributed by atoms with E-state index in [-0.39, 0.29) is 36.1 Å². The van der Waals surface area contributed by atoms with Crippen LogP contribution in [0.5, 0.6) is 0 Å². The van der Waals surface area contributed by atoms with Crippen molar-refractivity contribution in [2.24, 2.45) is 0 Å². The van der Waals surface area contributed by atoms with Crippen LogP contribution in [0.4, 0.5) is 13.2 Å². The summed E-state index contributed by atoms with van der Waals surface area (Å²) in [6.45, 7) is 1.70. The number of carbonyl (C=O) groups excluding carboxylic acids is 1. The van der Waals surface area contributed by atoms with Crippen molar-refractivity contribution in [2.75, 3.05) is 24.6 Å². The van der Waals surface area contributed by atoms with Crippen LogP contribution in [-0.4, -0.2) is 43.8 Å². The first kappa shape index (κ1) is 16.8. The van der Waals surface area contributed by atoms with Crippen LogP contribution in [0.3, 0.4) is 0 Å². The maximum absolute atomic E-state index is 12.7. The standard InChI is InChI=1S/C14H16F3NO3S/c1-10(11-3-2-4-12(9-11)14(15,16)17)13(19)18-5-7-22(20,21)8-6-18/h2-4,9-10H,5-8H2,1H3. The third-order valence-corrected chi connectivity index (χ3v) is 5.35. The van der Waals surface area contributed by atoms with E-state index in [9.17, 15) is 26.4 Å². The molecule has 1 atom stereocenters. The highest BCUT2D eigenvalue weighted by atomic mass is 32.2. The third-order valence-electron chi connectivity index (χ3n) is 3.74. The minimum Gasteiger partial charge on any atom is -0.340 e. The largest absolute Gasteiger partial charge is 0.416 e. The number of rotatable bonds is 2. The summed E-state index contributed by atoms with van der Waals surface area (Å²) in [6, 6.07) is 4.65. The number of sulfone groups is 1. The smallest absolute Gasteiger partial charge is 0.340 e. The first-order valence-corrected chi connectivity index (χ1v) is 8.59. The zero-order valence-electron chi connectivity index (χ0n) is 11.9. The van der Waals surface area contributed by atoms with Crippen LogP contribution in [0.25, 0.3) is 0 Å². The quantitative estimate of drug-likeness (QED) is 0.831. The molecular weight excluding hydrogens is 319 g/mol. The molecule has 4 nitrogen and oxygen atoms in total. The first-order chi connectivity index (χ1) is 10.1. The number of benzene rings is 1. The Labute approximate surface area is 126 Å². The van der Waals surface area contributed by atoms with Crippen molar-refractivity contribution in [3.05, 3.63) is 35.4 Å². The second-order valence-corrected chi connectivity index (χ2v) is 7.63. The van der Waals surface area contributed by atoms with Gasteiger partial charge < -0.3 is 4.90 Å². The number of amides is 1. The molecule has 122 valence electrons. The number of hydrogen-bond acceptors (Lipinski definition) is 3. The summed E-state index contributed by atoms with van der Waals surface area (Å²) in [6.07, 6.45) is -4.46. The van der Waals surface area contributed by atoms with Crippen molar-refractivity contribution in [3.63, 3.8) is 0 Å². The van der Waals surface area contributed by atoms with Gasteiger partial charge in [0.15, 0.2) is 9.84 Å². The van der Waals surface area contributed by atoms with Gasteiger partial charge in [0.25, 0.3) is 0 Å². The van der Waals surface area contributed by atoms with Gasteiger partial charge in [-0.15, -0.1) is 0 Å². The molecule has 0 aromatic heterocycles. The summed E-state index contributed by atoms with van der Waals surface area (Å²) in [5.74, 6) is -1.31. The van der Waals surface area contributed by atoms with E-state index in [2.05, 4.69) is 0 Å². The van der Waals surface area contributed by atoms with Crippen LogP contribution < -0.4 is 0 Å². The van der Waals surface area contributed by atoms with Crippen LogP contribution >= 0.6 is 0 Å². The minimum absolute atomic E-state index is 0.0878. The molecule has 0 saturated carbocycles. The highest BCUT2D eigenvalue weighted by molar-refractivity contribution is 7.91. The summed E-state index contributed by atoms with van der Waals surface area (Å²) < 4.78 is 60.8. The number of hydrogen-bond donors (Lipinski definition) is 0. The molecule has 2 rings (SSSR count). The van der Waals surface area contributed by atoms with E-state index in [1.54, 1.807) is 0 Å². The molecule has 1 fully saturated rings. The van der Waals surface area contributed by atoms with Gasteiger partial charge >= 0.3 is 6.18 Å². The van der Waals surface area contributed by atoms with Gasteiger partial charge in [-0.3, -0.25) is 4.79 Å². The molecule has 1 saturated heterocycles. The fourth-order valence-corrected chi connectivity index (χ4v) is 3.53. The molecule has 8 heteroatoms. The molecule has 1 aliphatic heterocycles. The highest BCUT2D eigenvalue weighted by Gasteiger charge is 2.32. The summed E-state index contributed by atoms with van der Waals surface area (Å²) in [7, 11) is -3.11. The fraction of sp³-hybridized carbons (Fsp3) is 0.500. The van der Waals surface area contributed by atoms with E-state index in [4.69, 9.17) is 0 Å². The fourth-order valence-electron chi connectivity index (χ4n) is 2.33.